The predicted molar refractivity (Wildman–Crippen MR) is 159 cm³/mol. The van der Waals surface area contributed by atoms with E-state index in [0.29, 0.717) is 46.2 Å². The second-order valence-electron chi connectivity index (χ2n) is 10.7. The van der Waals surface area contributed by atoms with Gasteiger partial charge in [-0.3, -0.25) is 4.79 Å². The average molecular weight is 565 g/mol. The smallest absolute Gasteiger partial charge is 0.247 e. The lowest BCUT2D eigenvalue weighted by Gasteiger charge is -2.23. The molecule has 1 aromatic heterocycles. The van der Waals surface area contributed by atoms with Crippen LogP contribution in [0.1, 0.15) is 43.7 Å². The number of nitrogens with zero attached hydrogens (tertiary/aromatic N) is 4. The molecule has 1 amide bonds. The third-order valence-electron chi connectivity index (χ3n) is 6.54. The topological polar surface area (TPSA) is 137 Å². The lowest BCUT2D eigenvalue weighted by molar-refractivity contribution is -0.111. The number of halogens is 1. The van der Waals surface area contributed by atoms with Crippen molar-refractivity contribution in [1.82, 2.24) is 19.9 Å². The fourth-order valence-electron chi connectivity index (χ4n) is 4.26. The van der Waals surface area contributed by atoms with E-state index < -0.39 is 5.60 Å². The highest BCUT2D eigenvalue weighted by atomic mass is 19.1. The van der Waals surface area contributed by atoms with Gasteiger partial charge in [0, 0.05) is 30.4 Å². The Labute approximate surface area is 239 Å². The summed E-state index contributed by atoms with van der Waals surface area (Å²) in [5.74, 6) is 0.275. The van der Waals surface area contributed by atoms with Gasteiger partial charge in [0.1, 0.15) is 17.9 Å². The Morgan fingerprint density at radius 1 is 1.12 bits per heavy atom. The Morgan fingerprint density at radius 3 is 2.39 bits per heavy atom. The first-order valence-corrected chi connectivity index (χ1v) is 13.3. The molecule has 11 nitrogen and oxygen atoms in total. The molecule has 4 rings (SSSR count). The molecule has 41 heavy (non-hydrogen) atoms. The summed E-state index contributed by atoms with van der Waals surface area (Å²) in [4.78, 5) is 27.0. The molecule has 0 spiro atoms. The Hall–Kier alpha value is -4.29. The molecule has 0 radical (unpaired) electrons. The minimum Gasteiger partial charge on any atom is -0.494 e. The van der Waals surface area contributed by atoms with Crippen molar-refractivity contribution in [2.75, 3.05) is 55.6 Å². The number of ether oxygens (including phenoxy) is 1. The van der Waals surface area contributed by atoms with Gasteiger partial charge in [-0.25, -0.2) is 14.4 Å². The van der Waals surface area contributed by atoms with E-state index >= 15 is 0 Å². The van der Waals surface area contributed by atoms with E-state index in [2.05, 4.69) is 42.8 Å². The van der Waals surface area contributed by atoms with E-state index in [-0.39, 0.29) is 29.5 Å². The number of rotatable bonds is 13. The van der Waals surface area contributed by atoms with E-state index in [1.54, 1.807) is 32.0 Å². The monoisotopic (exact) mass is 564 g/mol. The van der Waals surface area contributed by atoms with Crippen molar-refractivity contribution < 1.29 is 19.0 Å². The Balaban J connectivity index is 1.62. The molecule has 12 heteroatoms. The van der Waals surface area contributed by atoms with E-state index in [1.807, 2.05) is 19.0 Å². The number of amides is 1. The number of methoxy groups -OCH3 is 1. The van der Waals surface area contributed by atoms with Crippen molar-refractivity contribution in [3.05, 3.63) is 60.2 Å². The Kier molecular flexibility index (Phi) is 9.04. The van der Waals surface area contributed by atoms with Crippen molar-refractivity contribution >= 4 is 40.6 Å². The van der Waals surface area contributed by atoms with Crippen LogP contribution in [0, 0.1) is 5.82 Å². The van der Waals surface area contributed by atoms with Crippen LogP contribution in [0.15, 0.2) is 43.2 Å². The molecule has 0 aliphatic heterocycles. The van der Waals surface area contributed by atoms with Gasteiger partial charge in [0.05, 0.1) is 29.8 Å². The number of likely N-dealkylation sites (N-methyl/N-ethyl adjacent to an activating group) is 1. The molecule has 218 valence electrons. The summed E-state index contributed by atoms with van der Waals surface area (Å²) in [6.07, 6.45) is 4.37. The van der Waals surface area contributed by atoms with E-state index in [9.17, 15) is 14.3 Å². The summed E-state index contributed by atoms with van der Waals surface area (Å²) in [7, 11) is 5.47. The fourth-order valence-corrected chi connectivity index (χ4v) is 4.26. The first kappa shape index (κ1) is 29.7. The van der Waals surface area contributed by atoms with Crippen LogP contribution < -0.4 is 26.0 Å². The standard InChI is InChI=1S/C29H37FN8O3/c1-7-26(39)34-23-14-24(25(41-6)15-22(23)31-10-11-38(4)5)36-28-33-16-32-27(37-28)35-21-13-20(30)18(17-8-9-17)12-19(21)29(2,3)40/h7,12-17,31,40H,1,8-11H2,2-6H3,(H,34,39)(H2,32,33,35,36,37). The van der Waals surface area contributed by atoms with Gasteiger partial charge in [0.15, 0.2) is 0 Å². The molecule has 0 saturated heterocycles. The molecule has 1 saturated carbocycles. The van der Waals surface area contributed by atoms with Crippen LogP contribution in [0.5, 0.6) is 5.75 Å². The molecule has 0 atom stereocenters. The second-order valence-corrected chi connectivity index (χ2v) is 10.7. The van der Waals surface area contributed by atoms with Gasteiger partial charge in [-0.2, -0.15) is 4.98 Å². The number of anilines is 6. The van der Waals surface area contributed by atoms with Crippen LogP contribution in [0.2, 0.25) is 0 Å². The summed E-state index contributed by atoms with van der Waals surface area (Å²) in [5.41, 5.74) is 1.93. The lowest BCUT2D eigenvalue weighted by atomic mass is 9.93. The van der Waals surface area contributed by atoms with E-state index in [4.69, 9.17) is 4.74 Å². The molecule has 1 heterocycles. The quantitative estimate of drug-likeness (QED) is 0.186. The van der Waals surface area contributed by atoms with Crippen molar-refractivity contribution in [3.8, 4) is 5.75 Å². The fraction of sp³-hybridized carbons (Fsp3) is 0.379. The van der Waals surface area contributed by atoms with Crippen LogP contribution >= 0.6 is 0 Å². The minimum absolute atomic E-state index is 0.146. The molecule has 5 N–H and O–H groups in total. The minimum atomic E-state index is -1.23. The molecule has 3 aromatic rings. The van der Waals surface area contributed by atoms with Crippen LogP contribution in [0.3, 0.4) is 0 Å². The largest absolute Gasteiger partial charge is 0.494 e. The first-order chi connectivity index (χ1) is 19.5. The number of aromatic nitrogens is 3. The Bertz CT molecular complexity index is 1420. The van der Waals surface area contributed by atoms with Crippen molar-refractivity contribution in [2.24, 2.45) is 0 Å². The molecule has 1 fully saturated rings. The zero-order valence-electron chi connectivity index (χ0n) is 24.0. The van der Waals surface area contributed by atoms with Crippen LogP contribution in [-0.4, -0.2) is 65.2 Å². The zero-order chi connectivity index (χ0) is 29.7. The maximum Gasteiger partial charge on any atom is 0.247 e. The maximum atomic E-state index is 14.9. The van der Waals surface area contributed by atoms with Gasteiger partial charge in [-0.15, -0.1) is 0 Å². The molecule has 2 aromatic carbocycles. The van der Waals surface area contributed by atoms with Gasteiger partial charge < -0.3 is 36.0 Å². The zero-order valence-corrected chi connectivity index (χ0v) is 24.0. The Morgan fingerprint density at radius 2 is 1.80 bits per heavy atom. The maximum absolute atomic E-state index is 14.9. The SMILES string of the molecule is C=CC(=O)Nc1cc(Nc2ncnc(Nc3cc(F)c(C4CC4)cc3C(C)(C)O)n2)c(OC)cc1NCCN(C)C. The first-order valence-electron chi connectivity index (χ1n) is 13.3. The summed E-state index contributed by atoms with van der Waals surface area (Å²) in [6, 6.07) is 6.55. The number of carbonyl (C=O) groups is 1. The van der Waals surface area contributed by atoms with E-state index in [1.165, 1.54) is 25.6 Å². The van der Waals surface area contributed by atoms with Gasteiger partial charge in [0.25, 0.3) is 0 Å². The molecule has 0 bridgehead atoms. The highest BCUT2D eigenvalue weighted by Crippen LogP contribution is 2.44. The average Bonchev–Trinajstić information content (AvgIpc) is 3.74. The highest BCUT2D eigenvalue weighted by molar-refractivity contribution is 6.02. The molecular formula is C29H37FN8O3. The van der Waals surface area contributed by atoms with Gasteiger partial charge in [-0.05, 0) is 76.5 Å². The molecule has 0 unspecified atom stereocenters. The number of aliphatic hydroxyl groups is 1. The van der Waals surface area contributed by atoms with E-state index in [0.717, 1.165) is 19.4 Å². The normalized spacial score (nSPS) is 13.1. The number of benzene rings is 2. The highest BCUT2D eigenvalue weighted by Gasteiger charge is 2.30. The van der Waals surface area contributed by atoms with Crippen LogP contribution in [-0.2, 0) is 10.4 Å². The summed E-state index contributed by atoms with van der Waals surface area (Å²) in [5, 5.41) is 23.1. The van der Waals surface area contributed by atoms with Crippen molar-refractivity contribution in [2.45, 2.75) is 38.2 Å². The van der Waals surface area contributed by atoms with Crippen LogP contribution in [0.25, 0.3) is 0 Å². The summed E-state index contributed by atoms with van der Waals surface area (Å²) in [6.45, 7) is 8.24. The predicted octanol–water partition coefficient (Wildman–Crippen LogP) is 4.71. The van der Waals surface area contributed by atoms with Gasteiger partial charge >= 0.3 is 0 Å². The third kappa shape index (κ3) is 7.68. The van der Waals surface area contributed by atoms with Crippen molar-refractivity contribution in [3.63, 3.8) is 0 Å². The number of hydrogen-bond acceptors (Lipinski definition) is 10. The summed E-state index contributed by atoms with van der Waals surface area (Å²) >= 11 is 0. The lowest BCUT2D eigenvalue weighted by Crippen LogP contribution is -2.21. The number of hydrogen-bond donors (Lipinski definition) is 5. The van der Waals surface area contributed by atoms with Crippen molar-refractivity contribution in [1.29, 1.82) is 0 Å². The van der Waals surface area contributed by atoms with Gasteiger partial charge in [-0.1, -0.05) is 6.58 Å². The number of carbonyl (C=O) groups excluding carboxylic acids is 1. The van der Waals surface area contributed by atoms with Gasteiger partial charge in [0.2, 0.25) is 17.8 Å². The molecular weight excluding hydrogens is 527 g/mol. The molecule has 1 aliphatic carbocycles. The summed E-state index contributed by atoms with van der Waals surface area (Å²) < 4.78 is 20.5. The number of nitrogens with one attached hydrogen (secondary N) is 4. The second kappa shape index (κ2) is 12.5. The van der Waals surface area contributed by atoms with Crippen LogP contribution in [0.4, 0.5) is 39.0 Å². The molecule has 1 aliphatic rings. The third-order valence-corrected chi connectivity index (χ3v) is 6.54.